The van der Waals surface area contributed by atoms with Crippen LogP contribution in [0.4, 0.5) is 11.6 Å². The number of nitriles is 1. The molecule has 1 N–H and O–H groups in total. The quantitative estimate of drug-likeness (QED) is 0.911. The highest BCUT2D eigenvalue weighted by atomic mass is 16.2. The highest BCUT2D eigenvalue weighted by Crippen LogP contribution is 2.14. The summed E-state index contributed by atoms with van der Waals surface area (Å²) < 4.78 is 0. The van der Waals surface area contributed by atoms with Crippen molar-refractivity contribution in [3.8, 4) is 6.07 Å². The van der Waals surface area contributed by atoms with E-state index in [1.54, 1.807) is 42.7 Å². The van der Waals surface area contributed by atoms with Crippen molar-refractivity contribution in [1.29, 1.82) is 5.26 Å². The van der Waals surface area contributed by atoms with Crippen LogP contribution < -0.4 is 10.2 Å². The van der Waals surface area contributed by atoms with Gasteiger partial charge in [0.1, 0.15) is 0 Å². The van der Waals surface area contributed by atoms with Gasteiger partial charge in [-0.2, -0.15) is 5.26 Å². The molecule has 7 nitrogen and oxygen atoms in total. The second kappa shape index (κ2) is 7.73. The van der Waals surface area contributed by atoms with Gasteiger partial charge in [-0.15, -0.1) is 0 Å². The lowest BCUT2D eigenvalue weighted by Crippen LogP contribution is -2.53. The molecule has 1 atom stereocenters. The second-order valence-electron chi connectivity index (χ2n) is 5.93. The number of nitrogens with one attached hydrogen (secondary N) is 1. The third-order valence-electron chi connectivity index (χ3n) is 4.34. The van der Waals surface area contributed by atoms with E-state index in [-0.39, 0.29) is 11.9 Å². The molecule has 128 valence electrons. The van der Waals surface area contributed by atoms with Gasteiger partial charge < -0.3 is 10.2 Å². The molecule has 0 radical (unpaired) electrons. The van der Waals surface area contributed by atoms with E-state index in [1.165, 1.54) is 0 Å². The van der Waals surface area contributed by atoms with Crippen molar-refractivity contribution >= 4 is 17.5 Å². The largest absolute Gasteiger partial charge is 0.338 e. The number of aromatic nitrogens is 2. The third-order valence-corrected chi connectivity index (χ3v) is 4.34. The summed E-state index contributed by atoms with van der Waals surface area (Å²) in [5.74, 6) is 0.659. The predicted molar refractivity (Wildman–Crippen MR) is 95.1 cm³/mol. The molecule has 0 spiro atoms. The summed E-state index contributed by atoms with van der Waals surface area (Å²) in [5.41, 5.74) is 1.18. The molecule has 1 aromatic heterocycles. The average Bonchev–Trinajstić information content (AvgIpc) is 2.68. The zero-order chi connectivity index (χ0) is 17.6. The number of hydrogen-bond donors (Lipinski definition) is 1. The van der Waals surface area contributed by atoms with Crippen molar-refractivity contribution in [2.75, 3.05) is 36.4 Å². The summed E-state index contributed by atoms with van der Waals surface area (Å²) >= 11 is 0. The number of benzene rings is 1. The molecule has 1 saturated heterocycles. The minimum atomic E-state index is -0.246. The maximum atomic E-state index is 12.5. The lowest BCUT2D eigenvalue weighted by Gasteiger charge is -2.37. The zero-order valence-corrected chi connectivity index (χ0v) is 14.1. The van der Waals surface area contributed by atoms with E-state index in [4.69, 9.17) is 5.26 Å². The molecule has 0 saturated carbocycles. The lowest BCUT2D eigenvalue weighted by molar-refractivity contribution is -0.120. The molecule has 1 fully saturated rings. The van der Waals surface area contributed by atoms with Crippen LogP contribution in [0, 0.1) is 11.3 Å². The zero-order valence-electron chi connectivity index (χ0n) is 14.1. The van der Waals surface area contributed by atoms with E-state index in [0.29, 0.717) is 11.3 Å². The van der Waals surface area contributed by atoms with E-state index in [1.807, 2.05) is 6.92 Å². The van der Waals surface area contributed by atoms with Gasteiger partial charge in [0, 0.05) is 44.3 Å². The standard InChI is InChI=1S/C18H20N6O/c1-14(17(25)22-16-5-2-4-15(12-16)13-19)23-8-10-24(11-9-23)18-20-6-3-7-21-18/h2-7,12,14H,8-11H2,1H3,(H,22,25)/t14-/m0/s1. The Hall–Kier alpha value is -2.98. The number of hydrogen-bond acceptors (Lipinski definition) is 6. The number of amides is 1. The first-order valence-corrected chi connectivity index (χ1v) is 8.24. The van der Waals surface area contributed by atoms with Crippen LogP contribution in [0.3, 0.4) is 0 Å². The van der Waals surface area contributed by atoms with Crippen LogP contribution in [0.2, 0.25) is 0 Å². The van der Waals surface area contributed by atoms with Crippen LogP contribution in [0.1, 0.15) is 12.5 Å². The normalized spacial score (nSPS) is 16.1. The van der Waals surface area contributed by atoms with Gasteiger partial charge in [0.25, 0.3) is 0 Å². The van der Waals surface area contributed by atoms with E-state index < -0.39 is 0 Å². The number of anilines is 2. The molecule has 3 rings (SSSR count). The number of carbonyl (C=O) groups is 1. The molecule has 0 unspecified atom stereocenters. The first-order chi connectivity index (χ1) is 12.2. The smallest absolute Gasteiger partial charge is 0.241 e. The summed E-state index contributed by atoms with van der Waals surface area (Å²) in [6.45, 7) is 5.01. The minimum Gasteiger partial charge on any atom is -0.338 e. The first-order valence-electron chi connectivity index (χ1n) is 8.24. The van der Waals surface area contributed by atoms with Crippen LogP contribution >= 0.6 is 0 Å². The highest BCUT2D eigenvalue weighted by molar-refractivity contribution is 5.94. The van der Waals surface area contributed by atoms with Crippen LogP contribution in [-0.2, 0) is 4.79 Å². The number of nitrogens with zero attached hydrogens (tertiary/aromatic N) is 5. The Kier molecular flexibility index (Phi) is 5.21. The fourth-order valence-corrected chi connectivity index (χ4v) is 2.84. The van der Waals surface area contributed by atoms with Crippen LogP contribution in [0.15, 0.2) is 42.7 Å². The van der Waals surface area contributed by atoms with Gasteiger partial charge in [-0.25, -0.2) is 9.97 Å². The predicted octanol–water partition coefficient (Wildman–Crippen LogP) is 1.50. The fourth-order valence-electron chi connectivity index (χ4n) is 2.84. The molecule has 25 heavy (non-hydrogen) atoms. The molecule has 2 aromatic rings. The molecule has 1 aliphatic rings. The summed E-state index contributed by atoms with van der Waals surface area (Å²) in [5, 5.41) is 11.8. The maximum absolute atomic E-state index is 12.5. The van der Waals surface area contributed by atoms with Crippen LogP contribution in [0.25, 0.3) is 0 Å². The Morgan fingerprint density at radius 1 is 1.20 bits per heavy atom. The van der Waals surface area contributed by atoms with Crippen molar-refractivity contribution in [1.82, 2.24) is 14.9 Å². The van der Waals surface area contributed by atoms with Gasteiger partial charge in [-0.1, -0.05) is 6.07 Å². The van der Waals surface area contributed by atoms with E-state index in [0.717, 1.165) is 32.1 Å². The molecular weight excluding hydrogens is 316 g/mol. The topological polar surface area (TPSA) is 85.2 Å². The van der Waals surface area contributed by atoms with Gasteiger partial charge in [0.15, 0.2) is 0 Å². The third kappa shape index (κ3) is 4.11. The van der Waals surface area contributed by atoms with E-state index >= 15 is 0 Å². The Balaban J connectivity index is 1.56. The molecule has 1 aromatic carbocycles. The summed E-state index contributed by atoms with van der Waals surface area (Å²) in [6, 6.07) is 10.6. The van der Waals surface area contributed by atoms with Gasteiger partial charge in [-0.05, 0) is 31.2 Å². The molecule has 1 amide bonds. The lowest BCUT2D eigenvalue weighted by atomic mass is 10.2. The van der Waals surface area contributed by atoms with Crippen molar-refractivity contribution in [3.63, 3.8) is 0 Å². The number of rotatable bonds is 4. The maximum Gasteiger partial charge on any atom is 0.241 e. The molecule has 7 heteroatoms. The second-order valence-corrected chi connectivity index (χ2v) is 5.93. The van der Waals surface area contributed by atoms with Crippen molar-refractivity contribution in [2.24, 2.45) is 0 Å². The van der Waals surface area contributed by atoms with Crippen LogP contribution in [0.5, 0.6) is 0 Å². The van der Waals surface area contributed by atoms with Crippen molar-refractivity contribution in [3.05, 3.63) is 48.3 Å². The molecule has 0 bridgehead atoms. The van der Waals surface area contributed by atoms with Crippen LogP contribution in [-0.4, -0.2) is 53.0 Å². The Morgan fingerprint density at radius 3 is 2.60 bits per heavy atom. The Labute approximate surface area is 146 Å². The first kappa shape index (κ1) is 16.9. The van der Waals surface area contributed by atoms with Gasteiger partial charge >= 0.3 is 0 Å². The van der Waals surface area contributed by atoms with Gasteiger partial charge in [0.05, 0.1) is 17.7 Å². The van der Waals surface area contributed by atoms with Gasteiger partial charge in [0.2, 0.25) is 11.9 Å². The molecule has 1 aliphatic heterocycles. The summed E-state index contributed by atoms with van der Waals surface area (Å²) in [4.78, 5) is 25.3. The van der Waals surface area contributed by atoms with E-state index in [2.05, 4.69) is 31.2 Å². The van der Waals surface area contributed by atoms with Gasteiger partial charge in [-0.3, -0.25) is 9.69 Å². The minimum absolute atomic E-state index is 0.0699. The highest BCUT2D eigenvalue weighted by Gasteiger charge is 2.26. The fraction of sp³-hybridized carbons (Fsp3) is 0.333. The molecule has 2 heterocycles. The Morgan fingerprint density at radius 2 is 1.92 bits per heavy atom. The monoisotopic (exact) mass is 336 g/mol. The molecule has 0 aliphatic carbocycles. The number of carbonyl (C=O) groups excluding carboxylic acids is 1. The number of piperazine rings is 1. The van der Waals surface area contributed by atoms with Crippen molar-refractivity contribution in [2.45, 2.75) is 13.0 Å². The van der Waals surface area contributed by atoms with Crippen molar-refractivity contribution < 1.29 is 4.79 Å². The summed E-state index contributed by atoms with van der Waals surface area (Å²) in [6.07, 6.45) is 3.47. The average molecular weight is 336 g/mol. The van der Waals surface area contributed by atoms with E-state index in [9.17, 15) is 4.79 Å². The SMILES string of the molecule is C[C@@H](C(=O)Nc1cccc(C#N)c1)N1CCN(c2ncccn2)CC1. The Bertz CT molecular complexity index is 765. The summed E-state index contributed by atoms with van der Waals surface area (Å²) in [7, 11) is 0. The molecular formula is C18H20N6O.